The molecule has 0 bridgehead atoms. The largest absolute Gasteiger partial charge is 0.317 e. The monoisotopic (exact) mass is 332 g/mol. The normalized spacial score (nSPS) is 19.0. The van der Waals surface area contributed by atoms with E-state index in [9.17, 15) is 8.42 Å². The summed E-state index contributed by atoms with van der Waals surface area (Å²) in [5.74, 6) is 0. The van der Waals surface area contributed by atoms with E-state index in [1.807, 2.05) is 13.1 Å². The van der Waals surface area contributed by atoms with E-state index in [2.05, 4.69) is 21.2 Å². The van der Waals surface area contributed by atoms with Crippen molar-refractivity contribution in [1.82, 2.24) is 9.62 Å². The molecule has 2 rings (SSSR count). The van der Waals surface area contributed by atoms with Crippen LogP contribution >= 0.6 is 15.9 Å². The van der Waals surface area contributed by atoms with Gasteiger partial charge in [0, 0.05) is 23.6 Å². The Balaban J connectivity index is 2.20. The molecule has 100 valence electrons. The van der Waals surface area contributed by atoms with Crippen LogP contribution in [-0.4, -0.2) is 38.9 Å². The zero-order valence-electron chi connectivity index (χ0n) is 10.3. The molecule has 0 spiro atoms. The molecule has 1 aromatic carbocycles. The number of nitrogens with one attached hydrogen (secondary N) is 1. The van der Waals surface area contributed by atoms with Crippen LogP contribution in [0.3, 0.4) is 0 Å². The Hall–Kier alpha value is -0.430. The van der Waals surface area contributed by atoms with Gasteiger partial charge in [-0.2, -0.15) is 4.31 Å². The van der Waals surface area contributed by atoms with Crippen molar-refractivity contribution >= 4 is 26.0 Å². The van der Waals surface area contributed by atoms with Crippen molar-refractivity contribution in [3.63, 3.8) is 0 Å². The van der Waals surface area contributed by atoms with Crippen LogP contribution in [0.4, 0.5) is 0 Å². The molecule has 1 N–H and O–H groups in total. The smallest absolute Gasteiger partial charge is 0.244 e. The second kappa shape index (κ2) is 5.69. The summed E-state index contributed by atoms with van der Waals surface area (Å²) >= 11 is 3.31. The SMILES string of the molecule is CNC1CCN(S(=O)(=O)c2ccccc2Br)CC1. The average Bonchev–Trinajstić information content (AvgIpc) is 2.39. The third-order valence-electron chi connectivity index (χ3n) is 3.32. The molecular formula is C12H17BrN2O2S. The lowest BCUT2D eigenvalue weighted by molar-refractivity contribution is 0.298. The number of hydrogen-bond donors (Lipinski definition) is 1. The average molecular weight is 333 g/mol. The fraction of sp³-hybridized carbons (Fsp3) is 0.500. The van der Waals surface area contributed by atoms with Gasteiger partial charge in [-0.1, -0.05) is 12.1 Å². The van der Waals surface area contributed by atoms with E-state index >= 15 is 0 Å². The highest BCUT2D eigenvalue weighted by Gasteiger charge is 2.29. The molecule has 0 aliphatic carbocycles. The highest BCUT2D eigenvalue weighted by molar-refractivity contribution is 9.10. The van der Waals surface area contributed by atoms with E-state index < -0.39 is 10.0 Å². The third kappa shape index (κ3) is 2.77. The molecule has 0 atom stereocenters. The van der Waals surface area contributed by atoms with Gasteiger partial charge in [-0.25, -0.2) is 8.42 Å². The fourth-order valence-corrected chi connectivity index (χ4v) is 4.61. The van der Waals surface area contributed by atoms with Crippen molar-refractivity contribution in [2.75, 3.05) is 20.1 Å². The van der Waals surface area contributed by atoms with E-state index in [-0.39, 0.29) is 0 Å². The number of halogens is 1. The van der Waals surface area contributed by atoms with Crippen molar-refractivity contribution in [2.24, 2.45) is 0 Å². The molecule has 0 aromatic heterocycles. The van der Waals surface area contributed by atoms with E-state index in [0.29, 0.717) is 28.5 Å². The predicted molar refractivity (Wildman–Crippen MR) is 75.0 cm³/mol. The summed E-state index contributed by atoms with van der Waals surface area (Å²) in [5, 5.41) is 3.20. The topological polar surface area (TPSA) is 49.4 Å². The first-order valence-electron chi connectivity index (χ1n) is 5.97. The van der Waals surface area contributed by atoms with Gasteiger partial charge in [0.1, 0.15) is 0 Å². The van der Waals surface area contributed by atoms with Crippen LogP contribution in [0, 0.1) is 0 Å². The van der Waals surface area contributed by atoms with Gasteiger partial charge in [0.15, 0.2) is 0 Å². The molecule has 4 nitrogen and oxygen atoms in total. The lowest BCUT2D eigenvalue weighted by Crippen LogP contribution is -2.43. The van der Waals surface area contributed by atoms with Crippen LogP contribution in [0.15, 0.2) is 33.6 Å². The molecule has 6 heteroatoms. The lowest BCUT2D eigenvalue weighted by Gasteiger charge is -2.31. The third-order valence-corrected chi connectivity index (χ3v) is 6.23. The maximum absolute atomic E-state index is 12.5. The van der Waals surface area contributed by atoms with E-state index in [1.165, 1.54) is 0 Å². The predicted octanol–water partition coefficient (Wildman–Crippen LogP) is 1.82. The Morgan fingerprint density at radius 3 is 2.44 bits per heavy atom. The van der Waals surface area contributed by atoms with Crippen LogP contribution in [0.1, 0.15) is 12.8 Å². The van der Waals surface area contributed by atoms with Crippen molar-refractivity contribution < 1.29 is 8.42 Å². The summed E-state index contributed by atoms with van der Waals surface area (Å²) < 4.78 is 27.2. The van der Waals surface area contributed by atoms with Crippen molar-refractivity contribution in [3.8, 4) is 0 Å². The molecule has 0 unspecified atom stereocenters. The molecular weight excluding hydrogens is 316 g/mol. The highest BCUT2D eigenvalue weighted by atomic mass is 79.9. The molecule has 0 saturated carbocycles. The first kappa shape index (κ1) is 14.0. The van der Waals surface area contributed by atoms with Crippen LogP contribution < -0.4 is 5.32 Å². The van der Waals surface area contributed by atoms with Crippen LogP contribution in [0.5, 0.6) is 0 Å². The Morgan fingerprint density at radius 2 is 1.89 bits per heavy atom. The molecule has 1 aliphatic heterocycles. The zero-order valence-corrected chi connectivity index (χ0v) is 12.7. The minimum Gasteiger partial charge on any atom is -0.317 e. The van der Waals surface area contributed by atoms with Gasteiger partial charge in [-0.05, 0) is 48.0 Å². The fourth-order valence-electron chi connectivity index (χ4n) is 2.18. The first-order chi connectivity index (χ1) is 8.55. The second-order valence-electron chi connectivity index (χ2n) is 4.40. The van der Waals surface area contributed by atoms with Gasteiger partial charge < -0.3 is 5.32 Å². The van der Waals surface area contributed by atoms with Crippen molar-refractivity contribution in [3.05, 3.63) is 28.7 Å². The second-order valence-corrected chi connectivity index (χ2v) is 7.16. The van der Waals surface area contributed by atoms with Gasteiger partial charge in [0.2, 0.25) is 10.0 Å². The molecule has 0 radical (unpaired) electrons. The minimum atomic E-state index is -3.37. The Bertz CT molecular complexity index is 511. The summed E-state index contributed by atoms with van der Waals surface area (Å²) in [5.41, 5.74) is 0. The van der Waals surface area contributed by atoms with Gasteiger partial charge in [0.05, 0.1) is 4.90 Å². The van der Waals surface area contributed by atoms with Gasteiger partial charge >= 0.3 is 0 Å². The Kier molecular flexibility index (Phi) is 4.42. The molecule has 0 amide bonds. The molecule has 1 saturated heterocycles. The van der Waals surface area contributed by atoms with E-state index in [4.69, 9.17) is 0 Å². The molecule has 1 aromatic rings. The number of benzene rings is 1. The zero-order chi connectivity index (χ0) is 13.2. The lowest BCUT2D eigenvalue weighted by atomic mass is 10.1. The Morgan fingerprint density at radius 1 is 1.28 bits per heavy atom. The van der Waals surface area contributed by atoms with Gasteiger partial charge in [0.25, 0.3) is 0 Å². The summed E-state index contributed by atoms with van der Waals surface area (Å²) in [6, 6.07) is 7.39. The standard InChI is InChI=1S/C12H17BrN2O2S/c1-14-10-6-8-15(9-7-10)18(16,17)12-5-3-2-4-11(12)13/h2-5,10,14H,6-9H2,1H3. The summed E-state index contributed by atoms with van der Waals surface area (Å²) in [6.45, 7) is 1.16. The molecule has 1 fully saturated rings. The summed E-state index contributed by atoms with van der Waals surface area (Å²) in [6.07, 6.45) is 1.72. The van der Waals surface area contributed by atoms with Crippen molar-refractivity contribution in [2.45, 2.75) is 23.8 Å². The van der Waals surface area contributed by atoms with Crippen LogP contribution in [-0.2, 0) is 10.0 Å². The van der Waals surface area contributed by atoms with Gasteiger partial charge in [-0.15, -0.1) is 0 Å². The first-order valence-corrected chi connectivity index (χ1v) is 8.21. The quantitative estimate of drug-likeness (QED) is 0.918. The molecule has 18 heavy (non-hydrogen) atoms. The van der Waals surface area contributed by atoms with E-state index in [0.717, 1.165) is 12.8 Å². The number of nitrogens with zero attached hydrogens (tertiary/aromatic N) is 1. The number of hydrogen-bond acceptors (Lipinski definition) is 3. The number of sulfonamides is 1. The Labute approximate surface area is 117 Å². The maximum atomic E-state index is 12.5. The summed E-state index contributed by atoms with van der Waals surface area (Å²) in [7, 11) is -1.45. The maximum Gasteiger partial charge on any atom is 0.244 e. The summed E-state index contributed by atoms with van der Waals surface area (Å²) in [4.78, 5) is 0.355. The minimum absolute atomic E-state index is 0.355. The number of rotatable bonds is 3. The van der Waals surface area contributed by atoms with Crippen molar-refractivity contribution in [1.29, 1.82) is 0 Å². The number of piperidine rings is 1. The van der Waals surface area contributed by atoms with Crippen LogP contribution in [0.2, 0.25) is 0 Å². The van der Waals surface area contributed by atoms with Gasteiger partial charge in [-0.3, -0.25) is 0 Å². The molecule has 1 aliphatic rings. The molecule has 1 heterocycles. The van der Waals surface area contributed by atoms with Crippen LogP contribution in [0.25, 0.3) is 0 Å². The van der Waals surface area contributed by atoms with E-state index in [1.54, 1.807) is 22.5 Å². The highest BCUT2D eigenvalue weighted by Crippen LogP contribution is 2.26.